The van der Waals surface area contributed by atoms with Gasteiger partial charge in [0.05, 0.1) is 42.1 Å². The third-order valence-corrected chi connectivity index (χ3v) is 12.4. The van der Waals surface area contributed by atoms with Crippen molar-refractivity contribution in [3.63, 3.8) is 0 Å². The van der Waals surface area contributed by atoms with Gasteiger partial charge in [0.15, 0.2) is 0 Å². The van der Waals surface area contributed by atoms with Gasteiger partial charge in [-0.05, 0) is 71.5 Å². The zero-order valence-electron chi connectivity index (χ0n) is 34.8. The number of halogens is 4. The fourth-order valence-corrected chi connectivity index (χ4v) is 9.00. The fourth-order valence-electron chi connectivity index (χ4n) is 8.75. The van der Waals surface area contributed by atoms with Gasteiger partial charge >= 0.3 is 12.3 Å². The lowest BCUT2D eigenvalue weighted by atomic mass is 9.96. The van der Waals surface area contributed by atoms with Gasteiger partial charge in [0.2, 0.25) is 11.5 Å². The molecule has 3 aliphatic rings. The van der Waals surface area contributed by atoms with Gasteiger partial charge in [-0.15, -0.1) is 0 Å². The molecule has 0 spiro atoms. The van der Waals surface area contributed by atoms with Crippen LogP contribution in [0.25, 0.3) is 22.0 Å². The smallest absolute Gasteiger partial charge is 0.430 e. The number of aromatic amines is 1. The van der Waals surface area contributed by atoms with Crippen LogP contribution >= 0.6 is 11.6 Å². The molecule has 14 nitrogen and oxygen atoms in total. The molecule has 0 radical (unpaired) electrons. The second-order valence-electron chi connectivity index (χ2n) is 16.6. The number of nitrogens with zero attached hydrogens (tertiary/aromatic N) is 1. The summed E-state index contributed by atoms with van der Waals surface area (Å²) in [6.07, 6.45) is -2.97. The molecule has 18 heteroatoms. The van der Waals surface area contributed by atoms with E-state index in [0.717, 1.165) is 39.6 Å². The SMILES string of the molecule is C[N+]1(C)[C@@H]2CC(OC(=O)Nc3ccc(CCCC(=O)Nc4ccc(CNC[C@H](O)c5ccc(O)c6[nH]c(=O)ccc56)cc4Cl)cc3-c3ccccc3)C[C@H]1[C@@H]1O[C@@H]12.O=C([O-])C(F)(F)F. The summed E-state index contributed by atoms with van der Waals surface area (Å²) in [5, 5.41) is 39.9. The quantitative estimate of drug-likeness (QED) is 0.0606. The summed E-state index contributed by atoms with van der Waals surface area (Å²) in [4.78, 5) is 49.3. The van der Waals surface area contributed by atoms with Crippen LogP contribution in [0.4, 0.5) is 29.3 Å². The number of morpholine rings is 1. The molecule has 338 valence electrons. The van der Waals surface area contributed by atoms with Gasteiger partial charge in [0.1, 0.15) is 42.1 Å². The van der Waals surface area contributed by atoms with E-state index in [0.29, 0.717) is 58.8 Å². The highest BCUT2D eigenvalue weighted by Crippen LogP contribution is 2.51. The number of carboxylic acid groups (broad SMARTS) is 1. The number of aryl methyl sites for hydroxylation is 1. The first kappa shape index (κ1) is 46.0. The number of phenolic OH excluding ortho intramolecular Hbond substituents is 1. The van der Waals surface area contributed by atoms with Crippen molar-refractivity contribution >= 4 is 51.8 Å². The summed E-state index contributed by atoms with van der Waals surface area (Å²) >= 11 is 6.56. The Hall–Kier alpha value is -5.98. The molecular weight excluding hydrogens is 859 g/mol. The molecule has 0 saturated carbocycles. The van der Waals surface area contributed by atoms with Gasteiger partial charge in [-0.3, -0.25) is 14.9 Å². The average molecular weight is 906 g/mol. The van der Waals surface area contributed by atoms with Gasteiger partial charge in [0, 0.05) is 49.4 Å². The van der Waals surface area contributed by atoms with Crippen LogP contribution in [0.15, 0.2) is 95.8 Å². The number of carbonyl (C=O) groups excluding carboxylic acids is 3. The molecule has 6 N–H and O–H groups in total. The number of amides is 2. The number of pyridine rings is 1. The van der Waals surface area contributed by atoms with E-state index in [-0.39, 0.29) is 54.0 Å². The normalized spacial score (nSPS) is 20.9. The zero-order valence-corrected chi connectivity index (χ0v) is 35.5. The molecule has 64 heavy (non-hydrogen) atoms. The lowest BCUT2D eigenvalue weighted by molar-refractivity contribution is -0.938. The van der Waals surface area contributed by atoms with E-state index in [1.54, 1.807) is 24.3 Å². The molecule has 8 rings (SSSR count). The van der Waals surface area contributed by atoms with Crippen LogP contribution in [-0.4, -0.2) is 94.9 Å². The minimum absolute atomic E-state index is 0.0670. The number of carboxylic acids is 1. The van der Waals surface area contributed by atoms with Gasteiger partial charge in [-0.1, -0.05) is 60.1 Å². The Bertz CT molecular complexity index is 2570. The Morgan fingerprint density at radius 1 is 0.938 bits per heavy atom. The third-order valence-electron chi connectivity index (χ3n) is 12.1. The minimum atomic E-state index is -5.19. The van der Waals surface area contributed by atoms with E-state index in [9.17, 15) is 37.8 Å². The number of anilines is 2. The van der Waals surface area contributed by atoms with Crippen molar-refractivity contribution in [2.75, 3.05) is 31.3 Å². The first-order valence-electron chi connectivity index (χ1n) is 20.6. The van der Waals surface area contributed by atoms with E-state index in [1.807, 2.05) is 48.5 Å². The number of H-pyrrole nitrogens is 1. The number of aliphatic carboxylic acids is 1. The van der Waals surface area contributed by atoms with Crippen molar-refractivity contribution in [2.24, 2.45) is 0 Å². The van der Waals surface area contributed by atoms with Gasteiger partial charge in [-0.25, -0.2) is 4.79 Å². The van der Waals surface area contributed by atoms with Crippen molar-refractivity contribution in [1.29, 1.82) is 0 Å². The van der Waals surface area contributed by atoms with Crippen molar-refractivity contribution in [3.8, 4) is 16.9 Å². The Morgan fingerprint density at radius 2 is 1.61 bits per heavy atom. The maximum atomic E-state index is 13.2. The second kappa shape index (κ2) is 19.0. The summed E-state index contributed by atoms with van der Waals surface area (Å²) in [5.74, 6) is -3.23. The minimum Gasteiger partial charge on any atom is -0.542 e. The number of aliphatic hydroxyl groups excluding tert-OH is 1. The molecule has 2 amide bonds. The molecule has 4 heterocycles. The number of rotatable bonds is 13. The number of benzene rings is 4. The number of aliphatic hydroxyl groups is 1. The van der Waals surface area contributed by atoms with Crippen molar-refractivity contribution < 1.29 is 56.8 Å². The van der Waals surface area contributed by atoms with Crippen molar-refractivity contribution in [2.45, 2.75) is 81.3 Å². The predicted octanol–water partition coefficient (Wildman–Crippen LogP) is 5.94. The molecule has 0 aliphatic carbocycles. The molecule has 5 aromatic rings. The lowest BCUT2D eigenvalue weighted by Crippen LogP contribution is -2.60. The molecule has 1 aromatic heterocycles. The zero-order chi connectivity index (χ0) is 45.9. The maximum absolute atomic E-state index is 13.2. The Morgan fingerprint density at radius 3 is 2.28 bits per heavy atom. The van der Waals surface area contributed by atoms with Crippen LogP contribution in [-0.2, 0) is 32.0 Å². The highest BCUT2D eigenvalue weighted by molar-refractivity contribution is 6.33. The first-order valence-corrected chi connectivity index (χ1v) is 21.0. The number of hydrogen-bond acceptors (Lipinski definition) is 10. The molecular formula is C46H47ClF3N5O9. The molecule has 4 aromatic carbocycles. The molecule has 6 atom stereocenters. The number of hydrogen-bond donors (Lipinski definition) is 6. The molecule has 3 aliphatic heterocycles. The largest absolute Gasteiger partial charge is 0.542 e. The second-order valence-corrected chi connectivity index (χ2v) is 17.0. The number of aromatic hydroxyl groups is 1. The number of fused-ring (bicyclic) bond motifs is 6. The fraction of sp³-hybridized carbons (Fsp3) is 0.348. The number of carbonyl (C=O) groups is 3. The van der Waals surface area contributed by atoms with Crippen LogP contribution in [0.3, 0.4) is 0 Å². The first-order chi connectivity index (χ1) is 30.4. The number of ether oxygens (including phenoxy) is 2. The number of alkyl halides is 3. The van der Waals surface area contributed by atoms with E-state index >= 15 is 0 Å². The van der Waals surface area contributed by atoms with Gasteiger partial charge in [-0.2, -0.15) is 13.2 Å². The summed E-state index contributed by atoms with van der Waals surface area (Å²) < 4.78 is 44.3. The number of quaternary nitrogens is 1. The van der Waals surface area contributed by atoms with E-state index in [4.69, 9.17) is 31.0 Å². The monoisotopic (exact) mass is 905 g/mol. The number of nitrogens with one attached hydrogen (secondary N) is 4. The van der Waals surface area contributed by atoms with Gasteiger partial charge in [0.25, 0.3) is 0 Å². The highest BCUT2D eigenvalue weighted by atomic mass is 35.5. The number of phenols is 1. The highest BCUT2D eigenvalue weighted by Gasteiger charge is 2.70. The van der Waals surface area contributed by atoms with Crippen molar-refractivity contribution in [1.82, 2.24) is 10.3 Å². The molecule has 3 fully saturated rings. The van der Waals surface area contributed by atoms with Crippen molar-refractivity contribution in [3.05, 3.63) is 123 Å². The summed E-state index contributed by atoms with van der Waals surface area (Å²) in [7, 11) is 4.51. The number of likely N-dealkylation sites (N-methyl/N-ethyl adjacent to an activating group) is 1. The van der Waals surface area contributed by atoms with Crippen LogP contribution < -0.4 is 26.6 Å². The number of epoxide rings is 1. The van der Waals surface area contributed by atoms with Crippen LogP contribution in [0.2, 0.25) is 5.02 Å². The van der Waals surface area contributed by atoms with E-state index < -0.39 is 24.3 Å². The van der Waals surface area contributed by atoms with Gasteiger partial charge < -0.3 is 49.7 Å². The number of aromatic nitrogens is 1. The van der Waals surface area contributed by atoms with Crippen LogP contribution in [0.1, 0.15) is 48.5 Å². The average Bonchev–Trinajstić information content (AvgIpc) is 4.02. The summed E-state index contributed by atoms with van der Waals surface area (Å²) in [6.45, 7) is 0.623. The topological polar surface area (TPSA) is 205 Å². The summed E-state index contributed by atoms with van der Waals surface area (Å²) in [6, 6.07) is 27.9. The van der Waals surface area contributed by atoms with Crippen LogP contribution in [0.5, 0.6) is 5.75 Å². The molecule has 2 bridgehead atoms. The lowest BCUT2D eigenvalue weighted by Gasteiger charge is -2.45. The number of piperidine rings is 1. The van der Waals surface area contributed by atoms with E-state index in [1.165, 1.54) is 12.1 Å². The van der Waals surface area contributed by atoms with E-state index in [2.05, 4.69) is 41.1 Å². The van der Waals surface area contributed by atoms with Crippen LogP contribution in [0, 0.1) is 0 Å². The Labute approximate surface area is 370 Å². The summed E-state index contributed by atoms with van der Waals surface area (Å²) in [5.41, 5.74) is 5.44. The molecule has 3 saturated heterocycles. The predicted molar refractivity (Wildman–Crippen MR) is 230 cm³/mol. The Balaban J connectivity index is 0.000000809. The third kappa shape index (κ3) is 10.7. The molecule has 1 unspecified atom stereocenters. The maximum Gasteiger partial charge on any atom is 0.430 e. The standard InChI is InChI=1S/C44H46ClN5O7.C2HF3O2/c1-50(2)35-21-28(22-36(50)43-42(35)57-43)56-44(55)48-33-15-11-25(19-31(33)27-8-4-3-5-9-27)7-6-10-39(53)47-34-16-12-26(20-32(34)45)23-46-24-38(52)29-13-17-37(51)41-30(29)14-18-40(54)49-41;3-2(4,5)1(6)7/h3-5,8-9,11-20,28,35-36,38,42-43,46,52H,6-7,10,21-24H2,1-2H3,(H3-,47,48,49,51,53,54,55);(H,6,7)/t28?,35-,36+,38-,42-,43+;/m0./s1. The Kier molecular flexibility index (Phi) is 13.7.